The summed E-state index contributed by atoms with van der Waals surface area (Å²) in [5.74, 6) is 0.120. The Morgan fingerprint density at radius 1 is 1.33 bits per heavy atom. The second kappa shape index (κ2) is 7.20. The molecule has 0 atom stereocenters. The molecule has 5 heteroatoms. The maximum atomic E-state index is 12.4. The van der Waals surface area contributed by atoms with E-state index < -0.39 is 0 Å². The number of hydrogen-bond acceptors (Lipinski definition) is 3. The summed E-state index contributed by atoms with van der Waals surface area (Å²) in [6.07, 6.45) is 2.41. The standard InChI is InChI=1S/C16H23N3O2/c1-3-9-17-15(20)13-7-10-19(11-8-13)16(21)14-6-4-5-12(2)18-14/h4-6,13H,3,7-11H2,1-2H3,(H,17,20). The first-order valence-corrected chi connectivity index (χ1v) is 7.62. The lowest BCUT2D eigenvalue weighted by Gasteiger charge is -2.31. The number of carbonyl (C=O) groups excluding carboxylic acids is 2. The third-order valence-electron chi connectivity index (χ3n) is 3.81. The van der Waals surface area contributed by atoms with Crippen molar-refractivity contribution in [3.05, 3.63) is 29.6 Å². The van der Waals surface area contributed by atoms with Crippen molar-refractivity contribution in [2.75, 3.05) is 19.6 Å². The largest absolute Gasteiger partial charge is 0.356 e. The Labute approximate surface area is 125 Å². The first-order chi connectivity index (χ1) is 10.1. The monoisotopic (exact) mass is 289 g/mol. The van der Waals surface area contributed by atoms with Gasteiger partial charge >= 0.3 is 0 Å². The average molecular weight is 289 g/mol. The first-order valence-electron chi connectivity index (χ1n) is 7.62. The van der Waals surface area contributed by atoms with Gasteiger partial charge < -0.3 is 10.2 Å². The van der Waals surface area contributed by atoms with Crippen molar-refractivity contribution in [1.82, 2.24) is 15.2 Å². The Kier molecular flexibility index (Phi) is 5.31. The van der Waals surface area contributed by atoms with Crippen LogP contribution >= 0.6 is 0 Å². The van der Waals surface area contributed by atoms with Crippen LogP contribution in [0.25, 0.3) is 0 Å². The highest BCUT2D eigenvalue weighted by atomic mass is 16.2. The molecule has 1 saturated heterocycles. The number of aryl methyl sites for hydroxylation is 1. The number of nitrogens with one attached hydrogen (secondary N) is 1. The minimum Gasteiger partial charge on any atom is -0.356 e. The van der Waals surface area contributed by atoms with Crippen LogP contribution in [0.1, 0.15) is 42.4 Å². The molecule has 0 saturated carbocycles. The van der Waals surface area contributed by atoms with Crippen molar-refractivity contribution in [3.8, 4) is 0 Å². The van der Waals surface area contributed by atoms with Gasteiger partial charge in [0, 0.05) is 31.2 Å². The fraction of sp³-hybridized carbons (Fsp3) is 0.562. The molecule has 0 aliphatic carbocycles. The van der Waals surface area contributed by atoms with Gasteiger partial charge in [0.1, 0.15) is 5.69 Å². The molecule has 2 heterocycles. The van der Waals surface area contributed by atoms with Gasteiger partial charge in [-0.05, 0) is 38.3 Å². The summed E-state index contributed by atoms with van der Waals surface area (Å²) in [5, 5.41) is 2.93. The van der Waals surface area contributed by atoms with E-state index in [2.05, 4.69) is 10.3 Å². The molecule has 1 N–H and O–H groups in total. The van der Waals surface area contributed by atoms with Gasteiger partial charge in [-0.3, -0.25) is 9.59 Å². The van der Waals surface area contributed by atoms with Crippen molar-refractivity contribution in [2.45, 2.75) is 33.1 Å². The van der Waals surface area contributed by atoms with Gasteiger partial charge in [-0.25, -0.2) is 4.98 Å². The maximum Gasteiger partial charge on any atom is 0.272 e. The summed E-state index contributed by atoms with van der Waals surface area (Å²) in [5.41, 5.74) is 1.33. The first kappa shape index (κ1) is 15.5. The molecular formula is C16H23N3O2. The predicted octanol–water partition coefficient (Wildman–Crippen LogP) is 1.77. The summed E-state index contributed by atoms with van der Waals surface area (Å²) < 4.78 is 0. The second-order valence-corrected chi connectivity index (χ2v) is 5.52. The van der Waals surface area contributed by atoms with Crippen LogP contribution in [0.4, 0.5) is 0 Å². The normalized spacial score (nSPS) is 15.8. The van der Waals surface area contributed by atoms with Crippen molar-refractivity contribution in [2.24, 2.45) is 5.92 Å². The van der Waals surface area contributed by atoms with E-state index in [1.807, 2.05) is 26.0 Å². The Morgan fingerprint density at radius 3 is 2.67 bits per heavy atom. The van der Waals surface area contributed by atoms with E-state index >= 15 is 0 Å². The number of piperidine rings is 1. The summed E-state index contributed by atoms with van der Waals surface area (Å²) in [6, 6.07) is 5.47. The number of amides is 2. The highest BCUT2D eigenvalue weighted by Gasteiger charge is 2.27. The number of rotatable bonds is 4. The second-order valence-electron chi connectivity index (χ2n) is 5.52. The van der Waals surface area contributed by atoms with E-state index in [1.165, 1.54) is 0 Å². The lowest BCUT2D eigenvalue weighted by molar-refractivity contribution is -0.126. The maximum absolute atomic E-state index is 12.4. The molecule has 21 heavy (non-hydrogen) atoms. The van der Waals surface area contributed by atoms with Crippen molar-refractivity contribution in [3.63, 3.8) is 0 Å². The quantitative estimate of drug-likeness (QED) is 0.919. The number of carbonyl (C=O) groups is 2. The number of pyridine rings is 1. The van der Waals surface area contributed by atoms with Crippen LogP contribution in [0.3, 0.4) is 0 Å². The van der Waals surface area contributed by atoms with E-state index in [0.717, 1.165) is 31.5 Å². The Morgan fingerprint density at radius 2 is 2.05 bits per heavy atom. The lowest BCUT2D eigenvalue weighted by Crippen LogP contribution is -2.43. The zero-order valence-electron chi connectivity index (χ0n) is 12.8. The summed E-state index contributed by atoms with van der Waals surface area (Å²) >= 11 is 0. The van der Waals surface area contributed by atoms with Crippen LogP contribution in [-0.4, -0.2) is 41.3 Å². The zero-order valence-corrected chi connectivity index (χ0v) is 12.8. The Balaban J connectivity index is 1.89. The minimum absolute atomic E-state index is 0.0334. The van der Waals surface area contributed by atoms with Gasteiger partial charge in [-0.2, -0.15) is 0 Å². The molecule has 5 nitrogen and oxygen atoms in total. The smallest absolute Gasteiger partial charge is 0.272 e. The molecule has 114 valence electrons. The lowest BCUT2D eigenvalue weighted by atomic mass is 9.95. The summed E-state index contributed by atoms with van der Waals surface area (Å²) in [4.78, 5) is 30.4. The molecule has 1 aliphatic heterocycles. The fourth-order valence-corrected chi connectivity index (χ4v) is 2.56. The van der Waals surface area contributed by atoms with Gasteiger partial charge in [-0.1, -0.05) is 13.0 Å². The summed E-state index contributed by atoms with van der Waals surface area (Å²) in [7, 11) is 0. The van der Waals surface area contributed by atoms with Crippen LogP contribution in [-0.2, 0) is 4.79 Å². The van der Waals surface area contributed by atoms with Gasteiger partial charge in [0.15, 0.2) is 0 Å². The third kappa shape index (κ3) is 4.03. The molecule has 1 aromatic rings. The number of nitrogens with zero attached hydrogens (tertiary/aromatic N) is 2. The van der Waals surface area contributed by atoms with Crippen LogP contribution in [0, 0.1) is 12.8 Å². The van der Waals surface area contributed by atoms with Crippen LogP contribution in [0.5, 0.6) is 0 Å². The van der Waals surface area contributed by atoms with Crippen LogP contribution in [0.2, 0.25) is 0 Å². The molecule has 0 unspecified atom stereocenters. The number of hydrogen-bond donors (Lipinski definition) is 1. The van der Waals surface area contributed by atoms with Crippen molar-refractivity contribution in [1.29, 1.82) is 0 Å². The minimum atomic E-state index is -0.0360. The molecule has 1 fully saturated rings. The molecule has 2 amide bonds. The van der Waals surface area contributed by atoms with Crippen LogP contribution in [0.15, 0.2) is 18.2 Å². The number of likely N-dealkylation sites (tertiary alicyclic amines) is 1. The van der Waals surface area contributed by atoms with E-state index in [-0.39, 0.29) is 17.7 Å². The van der Waals surface area contributed by atoms with E-state index in [1.54, 1.807) is 11.0 Å². The zero-order chi connectivity index (χ0) is 15.2. The van der Waals surface area contributed by atoms with Gasteiger partial charge in [0.25, 0.3) is 5.91 Å². The Bertz CT molecular complexity index is 508. The van der Waals surface area contributed by atoms with Crippen molar-refractivity contribution >= 4 is 11.8 Å². The Hall–Kier alpha value is -1.91. The van der Waals surface area contributed by atoms with E-state index in [9.17, 15) is 9.59 Å². The highest BCUT2D eigenvalue weighted by molar-refractivity contribution is 5.92. The highest BCUT2D eigenvalue weighted by Crippen LogP contribution is 2.19. The average Bonchev–Trinajstić information content (AvgIpc) is 2.52. The predicted molar refractivity (Wildman–Crippen MR) is 80.9 cm³/mol. The molecule has 2 rings (SSSR count). The van der Waals surface area contributed by atoms with Gasteiger partial charge in [0.05, 0.1) is 0 Å². The van der Waals surface area contributed by atoms with Crippen molar-refractivity contribution < 1.29 is 9.59 Å². The molecule has 0 bridgehead atoms. The van der Waals surface area contributed by atoms with Gasteiger partial charge in [0.2, 0.25) is 5.91 Å². The molecular weight excluding hydrogens is 266 g/mol. The summed E-state index contributed by atoms with van der Waals surface area (Å²) in [6.45, 7) is 5.89. The van der Waals surface area contributed by atoms with E-state index in [4.69, 9.17) is 0 Å². The topological polar surface area (TPSA) is 62.3 Å². The molecule has 0 radical (unpaired) electrons. The molecule has 0 aromatic carbocycles. The third-order valence-corrected chi connectivity index (χ3v) is 3.81. The fourth-order valence-electron chi connectivity index (χ4n) is 2.56. The molecule has 1 aromatic heterocycles. The molecule has 0 spiro atoms. The number of aromatic nitrogens is 1. The van der Waals surface area contributed by atoms with E-state index in [0.29, 0.717) is 18.8 Å². The van der Waals surface area contributed by atoms with Crippen LogP contribution < -0.4 is 5.32 Å². The van der Waals surface area contributed by atoms with Gasteiger partial charge in [-0.15, -0.1) is 0 Å². The SMILES string of the molecule is CCCNC(=O)C1CCN(C(=O)c2cccc(C)n2)CC1. The molecule has 1 aliphatic rings.